The van der Waals surface area contributed by atoms with Crippen molar-refractivity contribution in [2.75, 3.05) is 0 Å². The Labute approximate surface area is 124 Å². The number of halogens is 2. The summed E-state index contributed by atoms with van der Waals surface area (Å²) in [5.41, 5.74) is 2.85. The van der Waals surface area contributed by atoms with Crippen molar-refractivity contribution in [1.29, 1.82) is 0 Å². The molecule has 0 spiro atoms. The number of aromatic nitrogens is 3. The second kappa shape index (κ2) is 4.94. The van der Waals surface area contributed by atoms with Crippen molar-refractivity contribution in [1.82, 2.24) is 14.5 Å². The largest absolute Gasteiger partial charge is 0.308 e. The van der Waals surface area contributed by atoms with Crippen molar-refractivity contribution >= 4 is 38.7 Å². The first kappa shape index (κ1) is 12.6. The highest BCUT2D eigenvalue weighted by atomic mass is 79.9. The van der Waals surface area contributed by atoms with E-state index in [-0.39, 0.29) is 0 Å². The summed E-state index contributed by atoms with van der Waals surface area (Å²) in [7, 11) is 0. The number of fused-ring (bicyclic) bond motifs is 1. The average molecular weight is 337 g/mol. The highest BCUT2D eigenvalue weighted by Crippen LogP contribution is 2.24. The lowest BCUT2D eigenvalue weighted by Gasteiger charge is -2.08. The molecule has 0 aliphatic heterocycles. The fourth-order valence-electron chi connectivity index (χ4n) is 2.08. The molecule has 0 aliphatic rings. The fraction of sp³-hybridized carbons (Fsp3) is 0.143. The van der Waals surface area contributed by atoms with E-state index in [1.54, 1.807) is 6.20 Å². The molecule has 0 amide bonds. The lowest BCUT2D eigenvalue weighted by atomic mass is 10.2. The number of imidazole rings is 1. The number of hydrogen-bond donors (Lipinski definition) is 0. The zero-order chi connectivity index (χ0) is 13.4. The Morgan fingerprint density at radius 1 is 1.32 bits per heavy atom. The van der Waals surface area contributed by atoms with Crippen LogP contribution in [0.25, 0.3) is 11.2 Å². The Kier molecular flexibility index (Phi) is 3.29. The highest BCUT2D eigenvalue weighted by Gasteiger charge is 2.10. The molecule has 2 aromatic heterocycles. The predicted octanol–water partition coefficient (Wildman–Crippen LogP) is 4.20. The normalized spacial score (nSPS) is 11.1. The van der Waals surface area contributed by atoms with Gasteiger partial charge in [-0.15, -0.1) is 0 Å². The van der Waals surface area contributed by atoms with Crippen molar-refractivity contribution in [2.24, 2.45) is 0 Å². The molecule has 5 heteroatoms. The summed E-state index contributed by atoms with van der Waals surface area (Å²) in [6.45, 7) is 2.65. The predicted molar refractivity (Wildman–Crippen MR) is 80.5 cm³/mol. The third-order valence-corrected chi connectivity index (χ3v) is 3.88. The molecule has 0 saturated heterocycles. The van der Waals surface area contributed by atoms with Crippen LogP contribution in [-0.2, 0) is 6.54 Å². The van der Waals surface area contributed by atoms with Crippen molar-refractivity contribution in [3.05, 3.63) is 57.4 Å². The Morgan fingerprint density at radius 3 is 2.95 bits per heavy atom. The molecule has 96 valence electrons. The van der Waals surface area contributed by atoms with E-state index in [9.17, 15) is 0 Å². The highest BCUT2D eigenvalue weighted by molar-refractivity contribution is 9.10. The van der Waals surface area contributed by atoms with Crippen LogP contribution in [0.2, 0.25) is 5.02 Å². The van der Waals surface area contributed by atoms with E-state index < -0.39 is 0 Å². The number of rotatable bonds is 2. The summed E-state index contributed by atoms with van der Waals surface area (Å²) in [5.74, 6) is 0.938. The van der Waals surface area contributed by atoms with E-state index in [2.05, 4.69) is 30.5 Å². The summed E-state index contributed by atoms with van der Waals surface area (Å²) in [4.78, 5) is 8.90. The number of nitrogens with zero attached hydrogens (tertiary/aromatic N) is 3. The van der Waals surface area contributed by atoms with Gasteiger partial charge in [-0.25, -0.2) is 9.97 Å². The minimum atomic E-state index is 0.672. The Morgan fingerprint density at radius 2 is 2.16 bits per heavy atom. The Bertz CT molecular complexity index is 752. The monoisotopic (exact) mass is 335 g/mol. The van der Waals surface area contributed by atoms with Crippen molar-refractivity contribution in [2.45, 2.75) is 13.5 Å². The Balaban J connectivity index is 2.08. The van der Waals surface area contributed by atoms with Gasteiger partial charge in [-0.2, -0.15) is 0 Å². The van der Waals surface area contributed by atoms with E-state index in [1.807, 2.05) is 37.3 Å². The van der Waals surface area contributed by atoms with Gasteiger partial charge in [0.15, 0.2) is 5.65 Å². The van der Waals surface area contributed by atoms with Crippen LogP contribution in [0.4, 0.5) is 0 Å². The quantitative estimate of drug-likeness (QED) is 0.702. The fourth-order valence-corrected chi connectivity index (χ4v) is 2.81. The molecule has 0 unspecified atom stereocenters. The third-order valence-electron chi connectivity index (χ3n) is 3.04. The topological polar surface area (TPSA) is 30.7 Å². The maximum Gasteiger partial charge on any atom is 0.160 e. The van der Waals surface area contributed by atoms with Gasteiger partial charge in [0.25, 0.3) is 0 Å². The molecule has 0 N–H and O–H groups in total. The van der Waals surface area contributed by atoms with Gasteiger partial charge in [0, 0.05) is 15.7 Å². The first-order chi connectivity index (χ1) is 9.15. The lowest BCUT2D eigenvalue weighted by Crippen LogP contribution is -2.03. The lowest BCUT2D eigenvalue weighted by molar-refractivity contribution is 0.777. The van der Waals surface area contributed by atoms with Crippen LogP contribution < -0.4 is 0 Å². The van der Waals surface area contributed by atoms with Crippen LogP contribution in [0.5, 0.6) is 0 Å². The van der Waals surface area contributed by atoms with Crippen molar-refractivity contribution in [3.63, 3.8) is 0 Å². The molecule has 2 heterocycles. The molecular formula is C14H11BrClN3. The summed E-state index contributed by atoms with van der Waals surface area (Å²) < 4.78 is 3.05. The van der Waals surface area contributed by atoms with Crippen molar-refractivity contribution in [3.8, 4) is 0 Å². The average Bonchev–Trinajstić information content (AvgIpc) is 2.69. The SMILES string of the molecule is Cc1nc2cccnc2n1Cc1ccc(Br)cc1Cl. The summed E-state index contributed by atoms with van der Waals surface area (Å²) in [6.07, 6.45) is 1.78. The van der Waals surface area contributed by atoms with E-state index in [0.29, 0.717) is 6.54 Å². The second-order valence-electron chi connectivity index (χ2n) is 4.33. The van der Waals surface area contributed by atoms with Gasteiger partial charge >= 0.3 is 0 Å². The van der Waals surface area contributed by atoms with Crippen LogP contribution in [0.3, 0.4) is 0 Å². The standard InChI is InChI=1S/C14H11BrClN3/c1-9-18-13-3-2-6-17-14(13)19(9)8-10-4-5-11(15)7-12(10)16/h2-7H,8H2,1H3. The molecule has 0 atom stereocenters. The number of pyridine rings is 1. The number of aryl methyl sites for hydroxylation is 1. The molecule has 0 bridgehead atoms. The van der Waals surface area contributed by atoms with Gasteiger partial charge < -0.3 is 4.57 Å². The Hall–Kier alpha value is -1.39. The van der Waals surface area contributed by atoms with Gasteiger partial charge in [0.2, 0.25) is 0 Å². The first-order valence-electron chi connectivity index (χ1n) is 5.87. The molecule has 1 aromatic carbocycles. The van der Waals surface area contributed by atoms with Crippen LogP contribution in [0.15, 0.2) is 41.0 Å². The summed E-state index contributed by atoms with van der Waals surface area (Å²) in [6, 6.07) is 9.77. The molecular weight excluding hydrogens is 326 g/mol. The molecule has 3 nitrogen and oxygen atoms in total. The zero-order valence-corrected chi connectivity index (χ0v) is 12.6. The molecule has 3 rings (SSSR count). The van der Waals surface area contributed by atoms with Crippen molar-refractivity contribution < 1.29 is 0 Å². The van der Waals surface area contributed by atoms with E-state index in [0.717, 1.165) is 32.0 Å². The molecule has 0 aliphatic carbocycles. The number of benzene rings is 1. The second-order valence-corrected chi connectivity index (χ2v) is 5.65. The van der Waals surface area contributed by atoms with Crippen LogP contribution in [-0.4, -0.2) is 14.5 Å². The first-order valence-corrected chi connectivity index (χ1v) is 7.04. The summed E-state index contributed by atoms with van der Waals surface area (Å²) in [5, 5.41) is 0.742. The van der Waals surface area contributed by atoms with Crippen LogP contribution in [0, 0.1) is 6.92 Å². The van der Waals surface area contributed by atoms with Gasteiger partial charge in [0.05, 0.1) is 6.54 Å². The van der Waals surface area contributed by atoms with Crippen LogP contribution >= 0.6 is 27.5 Å². The van der Waals surface area contributed by atoms with E-state index in [4.69, 9.17) is 11.6 Å². The van der Waals surface area contributed by atoms with Gasteiger partial charge in [-0.05, 0) is 36.8 Å². The maximum absolute atomic E-state index is 6.27. The van der Waals surface area contributed by atoms with Gasteiger partial charge in [-0.3, -0.25) is 0 Å². The molecule has 3 aromatic rings. The van der Waals surface area contributed by atoms with Gasteiger partial charge in [-0.1, -0.05) is 33.6 Å². The van der Waals surface area contributed by atoms with Crippen LogP contribution in [0.1, 0.15) is 11.4 Å². The maximum atomic E-state index is 6.27. The molecule has 0 saturated carbocycles. The number of hydrogen-bond acceptors (Lipinski definition) is 2. The van der Waals surface area contributed by atoms with Gasteiger partial charge in [0.1, 0.15) is 11.3 Å². The van der Waals surface area contributed by atoms with E-state index in [1.165, 1.54) is 0 Å². The summed E-state index contributed by atoms with van der Waals surface area (Å²) >= 11 is 9.68. The molecule has 0 fully saturated rings. The minimum absolute atomic E-state index is 0.672. The van der Waals surface area contributed by atoms with E-state index >= 15 is 0 Å². The minimum Gasteiger partial charge on any atom is -0.308 e. The molecule has 19 heavy (non-hydrogen) atoms. The third kappa shape index (κ3) is 2.38. The molecule has 0 radical (unpaired) electrons. The smallest absolute Gasteiger partial charge is 0.160 e. The zero-order valence-electron chi connectivity index (χ0n) is 10.3.